The van der Waals surface area contributed by atoms with E-state index >= 15 is 0 Å². The topological polar surface area (TPSA) is 134 Å². The third-order valence-electron chi connectivity index (χ3n) is 5.67. The molecule has 0 aliphatic carbocycles. The molecule has 1 aliphatic heterocycles. The third kappa shape index (κ3) is 4.18. The van der Waals surface area contributed by atoms with Gasteiger partial charge in [0.15, 0.2) is 11.9 Å². The number of hydrogen-bond acceptors (Lipinski definition) is 7. The zero-order valence-electron chi connectivity index (χ0n) is 19.2. The molecule has 0 saturated heterocycles. The van der Waals surface area contributed by atoms with E-state index in [0.717, 1.165) is 4.57 Å². The first-order valence-corrected chi connectivity index (χ1v) is 11.2. The van der Waals surface area contributed by atoms with Crippen LogP contribution in [0.4, 0.5) is 11.4 Å². The number of carbonyl (C=O) groups is 1. The third-order valence-corrected chi connectivity index (χ3v) is 5.91. The molecule has 0 fully saturated rings. The van der Waals surface area contributed by atoms with Crippen molar-refractivity contribution >= 4 is 28.9 Å². The van der Waals surface area contributed by atoms with Crippen molar-refractivity contribution in [1.29, 1.82) is 5.26 Å². The molecule has 0 bridgehead atoms. The molecule has 35 heavy (non-hydrogen) atoms. The van der Waals surface area contributed by atoms with Crippen LogP contribution in [0.5, 0.6) is 5.88 Å². The summed E-state index contributed by atoms with van der Waals surface area (Å²) >= 11 is 6.03. The lowest BCUT2D eigenvalue weighted by Gasteiger charge is -2.22. The summed E-state index contributed by atoms with van der Waals surface area (Å²) in [5.74, 6) is -1.05. The minimum Gasteiger partial charge on any atom is -0.859 e. The number of nitriles is 1. The SMILES string of the molecule is Cc1c(C#N)c([O-])n(-c2cccc(Cl)c2)c(=O)c1N=Nc1cccc2c1C(=O)N(CC(C)C)C2O. The molecule has 9 nitrogen and oxygen atoms in total. The van der Waals surface area contributed by atoms with E-state index in [4.69, 9.17) is 11.6 Å². The number of hydrogen-bond donors (Lipinski definition) is 1. The summed E-state index contributed by atoms with van der Waals surface area (Å²) in [4.78, 5) is 27.7. The fourth-order valence-corrected chi connectivity index (χ4v) is 4.22. The normalized spacial score (nSPS) is 15.2. The first-order chi connectivity index (χ1) is 16.6. The van der Waals surface area contributed by atoms with Crippen molar-refractivity contribution in [3.8, 4) is 17.6 Å². The van der Waals surface area contributed by atoms with Crippen LogP contribution in [0.3, 0.4) is 0 Å². The highest BCUT2D eigenvalue weighted by atomic mass is 35.5. The van der Waals surface area contributed by atoms with Gasteiger partial charge in [-0.2, -0.15) is 5.26 Å². The second-order valence-electron chi connectivity index (χ2n) is 8.55. The zero-order valence-corrected chi connectivity index (χ0v) is 19.9. The van der Waals surface area contributed by atoms with E-state index in [1.165, 1.54) is 24.0 Å². The number of rotatable bonds is 5. The highest BCUT2D eigenvalue weighted by molar-refractivity contribution is 6.30. The number of aromatic nitrogens is 1. The summed E-state index contributed by atoms with van der Waals surface area (Å²) in [6, 6.07) is 12.7. The van der Waals surface area contributed by atoms with Gasteiger partial charge in [-0.15, -0.1) is 10.2 Å². The summed E-state index contributed by atoms with van der Waals surface area (Å²) in [7, 11) is 0. The van der Waals surface area contributed by atoms with Crippen LogP contribution in [0.25, 0.3) is 5.69 Å². The van der Waals surface area contributed by atoms with Crippen LogP contribution in [0, 0.1) is 24.2 Å². The van der Waals surface area contributed by atoms with Crippen LogP contribution >= 0.6 is 11.6 Å². The van der Waals surface area contributed by atoms with Crippen LogP contribution in [-0.2, 0) is 0 Å². The molecule has 1 N–H and O–H groups in total. The number of azo groups is 1. The summed E-state index contributed by atoms with van der Waals surface area (Å²) < 4.78 is 0.820. The summed E-state index contributed by atoms with van der Waals surface area (Å²) in [5, 5.41) is 41.6. The Bertz CT molecular complexity index is 1470. The predicted octanol–water partition coefficient (Wildman–Crippen LogP) is 4.26. The summed E-state index contributed by atoms with van der Waals surface area (Å²) in [6.07, 6.45) is -1.11. The molecule has 4 rings (SSSR count). The molecule has 0 spiro atoms. The van der Waals surface area contributed by atoms with Gasteiger partial charge >= 0.3 is 0 Å². The first-order valence-electron chi connectivity index (χ1n) is 10.8. The van der Waals surface area contributed by atoms with E-state index in [9.17, 15) is 25.1 Å². The van der Waals surface area contributed by atoms with E-state index in [1.54, 1.807) is 30.3 Å². The number of benzene rings is 2. The Kier molecular flexibility index (Phi) is 6.43. The Morgan fingerprint density at radius 2 is 1.91 bits per heavy atom. The van der Waals surface area contributed by atoms with Gasteiger partial charge < -0.3 is 15.1 Å². The van der Waals surface area contributed by atoms with Crippen LogP contribution in [0.1, 0.15) is 47.1 Å². The van der Waals surface area contributed by atoms with E-state index < -0.39 is 23.6 Å². The fourth-order valence-electron chi connectivity index (χ4n) is 4.04. The average molecular weight is 491 g/mol. The molecule has 1 atom stereocenters. The molecule has 1 aromatic heterocycles. The highest BCUT2D eigenvalue weighted by Crippen LogP contribution is 2.38. The van der Waals surface area contributed by atoms with Crippen LogP contribution in [-0.4, -0.2) is 27.0 Å². The van der Waals surface area contributed by atoms with E-state index in [1.807, 2.05) is 19.9 Å². The summed E-state index contributed by atoms with van der Waals surface area (Å²) in [5.41, 5.74) is -0.247. The number of halogens is 1. The van der Waals surface area contributed by atoms with Crippen molar-refractivity contribution in [3.63, 3.8) is 0 Å². The molecule has 1 unspecified atom stereocenters. The van der Waals surface area contributed by atoms with Gasteiger partial charge in [-0.25, -0.2) is 0 Å². The molecule has 2 aromatic carbocycles. The Morgan fingerprint density at radius 3 is 2.57 bits per heavy atom. The number of aliphatic hydroxyl groups excluding tert-OH is 1. The second-order valence-corrected chi connectivity index (χ2v) is 8.99. The number of carbonyl (C=O) groups excluding carboxylic acids is 1. The molecule has 1 aliphatic rings. The minimum atomic E-state index is -1.11. The predicted molar refractivity (Wildman–Crippen MR) is 127 cm³/mol. The molecular weight excluding hydrogens is 470 g/mol. The van der Waals surface area contributed by atoms with Crippen LogP contribution < -0.4 is 10.7 Å². The first kappa shape index (κ1) is 24.1. The van der Waals surface area contributed by atoms with Crippen molar-refractivity contribution in [3.05, 3.63) is 80.1 Å². The number of fused-ring (bicyclic) bond motifs is 1. The standard InChI is InChI=1S/C25H22ClN5O4/c1-13(2)12-30-22(32)17-8-5-9-19(20(17)24(30)34)28-29-21-14(3)18(11-27)23(33)31(25(21)35)16-7-4-6-15(26)10-16/h4-10,13,22,32-33H,12H2,1-3H3/p-1. The Labute approximate surface area is 206 Å². The van der Waals surface area contributed by atoms with Crippen LogP contribution in [0.15, 0.2) is 57.5 Å². The zero-order chi connectivity index (χ0) is 25.4. The van der Waals surface area contributed by atoms with E-state index in [-0.39, 0.29) is 39.7 Å². The van der Waals surface area contributed by atoms with E-state index in [2.05, 4.69) is 10.2 Å². The van der Waals surface area contributed by atoms with Crippen molar-refractivity contribution in [2.75, 3.05) is 6.54 Å². The highest BCUT2D eigenvalue weighted by Gasteiger charge is 2.37. The second kappa shape index (κ2) is 9.33. The number of nitrogens with zero attached hydrogens (tertiary/aromatic N) is 5. The molecule has 0 radical (unpaired) electrons. The largest absolute Gasteiger partial charge is 0.859 e. The minimum absolute atomic E-state index is 0.0740. The van der Waals surface area contributed by atoms with Crippen molar-refractivity contribution in [2.24, 2.45) is 16.1 Å². The van der Waals surface area contributed by atoms with Gasteiger partial charge in [0.25, 0.3) is 11.5 Å². The molecule has 3 aromatic rings. The van der Waals surface area contributed by atoms with Gasteiger partial charge in [0.05, 0.1) is 16.8 Å². The van der Waals surface area contributed by atoms with Gasteiger partial charge in [0.1, 0.15) is 6.07 Å². The lowest BCUT2D eigenvalue weighted by Crippen LogP contribution is -2.31. The average Bonchev–Trinajstić information content (AvgIpc) is 3.04. The maximum atomic E-state index is 13.3. The number of aliphatic hydroxyl groups is 1. The monoisotopic (exact) mass is 490 g/mol. The molecule has 2 heterocycles. The van der Waals surface area contributed by atoms with Gasteiger partial charge in [-0.1, -0.05) is 43.6 Å². The maximum Gasteiger partial charge on any atom is 0.282 e. The Balaban J connectivity index is 1.85. The van der Waals surface area contributed by atoms with Gasteiger partial charge in [0, 0.05) is 28.4 Å². The lowest BCUT2D eigenvalue weighted by atomic mass is 10.1. The molecule has 0 saturated carbocycles. The molecule has 10 heteroatoms. The molecular formula is C25H21ClN5O4-. The maximum absolute atomic E-state index is 13.3. The summed E-state index contributed by atoms with van der Waals surface area (Å²) in [6.45, 7) is 5.66. The molecule has 1 amide bonds. The quantitative estimate of drug-likeness (QED) is 0.533. The molecule has 178 valence electrons. The van der Waals surface area contributed by atoms with E-state index in [0.29, 0.717) is 17.1 Å². The lowest BCUT2D eigenvalue weighted by molar-refractivity contribution is -0.278. The van der Waals surface area contributed by atoms with Crippen molar-refractivity contribution in [1.82, 2.24) is 9.47 Å². The smallest absolute Gasteiger partial charge is 0.282 e. The number of amides is 1. The number of pyridine rings is 1. The fraction of sp³-hybridized carbons (Fsp3) is 0.240. The van der Waals surface area contributed by atoms with Crippen molar-refractivity contribution < 1.29 is 15.0 Å². The Hall–Kier alpha value is -4.00. The van der Waals surface area contributed by atoms with Gasteiger partial charge in [-0.05, 0) is 43.0 Å². The van der Waals surface area contributed by atoms with Gasteiger partial charge in [-0.3, -0.25) is 14.2 Å². The van der Waals surface area contributed by atoms with Crippen molar-refractivity contribution in [2.45, 2.75) is 27.0 Å². The van der Waals surface area contributed by atoms with Crippen LogP contribution in [0.2, 0.25) is 5.02 Å². The van der Waals surface area contributed by atoms with Gasteiger partial charge in [0.2, 0.25) is 0 Å². The Morgan fingerprint density at radius 1 is 1.20 bits per heavy atom.